The molecule has 1 aromatic carbocycles. The minimum atomic E-state index is -1.13. The summed E-state index contributed by atoms with van der Waals surface area (Å²) in [5, 5.41) is 8.78. The standard InChI is InChI=1S/C13H11BrF2N2O/c14-9-5-10(12(16)11(15)6-9)13(19)18-3-1-8(7-17)2-4-18/h5-6,8H,1-4H2. The Labute approximate surface area is 117 Å². The number of halogens is 3. The van der Waals surface area contributed by atoms with E-state index in [9.17, 15) is 13.6 Å². The Kier molecular flexibility index (Phi) is 4.15. The molecule has 0 spiro atoms. The molecule has 1 aromatic rings. The topological polar surface area (TPSA) is 44.1 Å². The van der Waals surface area contributed by atoms with E-state index in [0.29, 0.717) is 30.4 Å². The second-order valence-corrected chi connectivity index (χ2v) is 5.36. The van der Waals surface area contributed by atoms with Crippen LogP contribution in [0.25, 0.3) is 0 Å². The number of likely N-dealkylation sites (tertiary alicyclic amines) is 1. The van der Waals surface area contributed by atoms with Crippen LogP contribution >= 0.6 is 15.9 Å². The van der Waals surface area contributed by atoms with Gasteiger partial charge in [-0.3, -0.25) is 4.79 Å². The van der Waals surface area contributed by atoms with Crippen LogP contribution in [-0.4, -0.2) is 23.9 Å². The SMILES string of the molecule is N#CC1CCN(C(=O)c2cc(Br)cc(F)c2F)CC1. The third kappa shape index (κ3) is 2.92. The van der Waals surface area contributed by atoms with Gasteiger partial charge >= 0.3 is 0 Å². The van der Waals surface area contributed by atoms with E-state index in [1.54, 1.807) is 0 Å². The first kappa shape index (κ1) is 13.9. The molecule has 2 rings (SSSR count). The Bertz CT molecular complexity index is 548. The second kappa shape index (κ2) is 5.66. The number of nitriles is 1. The fourth-order valence-electron chi connectivity index (χ4n) is 2.09. The zero-order valence-corrected chi connectivity index (χ0v) is 11.6. The van der Waals surface area contributed by atoms with Crippen molar-refractivity contribution < 1.29 is 13.6 Å². The third-order valence-corrected chi connectivity index (χ3v) is 3.65. The monoisotopic (exact) mass is 328 g/mol. The Balaban J connectivity index is 2.19. The van der Waals surface area contributed by atoms with Crippen molar-refractivity contribution in [2.75, 3.05) is 13.1 Å². The van der Waals surface area contributed by atoms with Gasteiger partial charge in [0, 0.05) is 23.5 Å². The maximum absolute atomic E-state index is 13.6. The lowest BCUT2D eigenvalue weighted by atomic mass is 9.98. The molecular weight excluding hydrogens is 318 g/mol. The van der Waals surface area contributed by atoms with Gasteiger partial charge in [-0.2, -0.15) is 5.26 Å². The van der Waals surface area contributed by atoms with Gasteiger partial charge < -0.3 is 4.90 Å². The van der Waals surface area contributed by atoms with E-state index >= 15 is 0 Å². The predicted molar refractivity (Wildman–Crippen MR) is 68.3 cm³/mol. The van der Waals surface area contributed by atoms with E-state index in [1.165, 1.54) is 11.0 Å². The lowest BCUT2D eigenvalue weighted by Gasteiger charge is -2.29. The summed E-state index contributed by atoms with van der Waals surface area (Å²) in [5.74, 6) is -2.78. The first-order valence-electron chi connectivity index (χ1n) is 5.86. The molecule has 0 aliphatic carbocycles. The molecule has 0 bridgehead atoms. The molecule has 1 aliphatic rings. The predicted octanol–water partition coefficient (Wildman–Crippen LogP) is 3.10. The Morgan fingerprint density at radius 1 is 1.37 bits per heavy atom. The number of benzene rings is 1. The normalized spacial score (nSPS) is 16.2. The number of nitrogens with zero attached hydrogens (tertiary/aromatic N) is 2. The highest BCUT2D eigenvalue weighted by atomic mass is 79.9. The highest BCUT2D eigenvalue weighted by Gasteiger charge is 2.26. The highest BCUT2D eigenvalue weighted by molar-refractivity contribution is 9.10. The van der Waals surface area contributed by atoms with Crippen molar-refractivity contribution in [2.45, 2.75) is 12.8 Å². The van der Waals surface area contributed by atoms with Crippen molar-refractivity contribution in [1.29, 1.82) is 5.26 Å². The number of rotatable bonds is 1. The highest BCUT2D eigenvalue weighted by Crippen LogP contribution is 2.23. The van der Waals surface area contributed by atoms with Crippen LogP contribution in [0.4, 0.5) is 8.78 Å². The summed E-state index contributed by atoms with van der Waals surface area (Å²) in [5.41, 5.74) is -0.276. The minimum absolute atomic E-state index is 0.0619. The molecule has 1 heterocycles. The molecule has 0 atom stereocenters. The number of carbonyl (C=O) groups excluding carboxylic acids is 1. The summed E-state index contributed by atoms with van der Waals surface area (Å²) in [6.45, 7) is 0.787. The Morgan fingerprint density at radius 2 is 2.00 bits per heavy atom. The maximum atomic E-state index is 13.6. The first-order valence-corrected chi connectivity index (χ1v) is 6.65. The van der Waals surface area contributed by atoms with Crippen LogP contribution in [0, 0.1) is 28.9 Å². The zero-order chi connectivity index (χ0) is 14.0. The number of carbonyl (C=O) groups is 1. The van der Waals surface area contributed by atoms with Gasteiger partial charge in [0.25, 0.3) is 5.91 Å². The molecule has 100 valence electrons. The van der Waals surface area contributed by atoms with Crippen molar-refractivity contribution in [3.05, 3.63) is 33.8 Å². The Hall–Kier alpha value is -1.48. The molecule has 6 heteroatoms. The summed E-state index contributed by atoms with van der Waals surface area (Å²) in [4.78, 5) is 13.6. The van der Waals surface area contributed by atoms with Crippen LogP contribution in [-0.2, 0) is 0 Å². The summed E-state index contributed by atoms with van der Waals surface area (Å²) >= 11 is 3.04. The van der Waals surface area contributed by atoms with E-state index in [-0.39, 0.29) is 11.5 Å². The summed E-state index contributed by atoms with van der Waals surface area (Å²) in [6, 6.07) is 4.41. The molecule has 0 radical (unpaired) electrons. The van der Waals surface area contributed by atoms with Crippen molar-refractivity contribution in [2.24, 2.45) is 5.92 Å². The summed E-state index contributed by atoms with van der Waals surface area (Å²) in [7, 11) is 0. The lowest BCUT2D eigenvalue weighted by Crippen LogP contribution is -2.38. The maximum Gasteiger partial charge on any atom is 0.256 e. The molecule has 1 aliphatic heterocycles. The average Bonchev–Trinajstić information content (AvgIpc) is 2.42. The van der Waals surface area contributed by atoms with Crippen LogP contribution in [0.15, 0.2) is 16.6 Å². The van der Waals surface area contributed by atoms with E-state index < -0.39 is 17.5 Å². The fraction of sp³-hybridized carbons (Fsp3) is 0.385. The van der Waals surface area contributed by atoms with E-state index in [1.807, 2.05) is 0 Å². The fourth-order valence-corrected chi connectivity index (χ4v) is 2.52. The molecule has 0 N–H and O–H groups in total. The molecule has 19 heavy (non-hydrogen) atoms. The third-order valence-electron chi connectivity index (χ3n) is 3.19. The van der Waals surface area contributed by atoms with Crippen molar-refractivity contribution in [3.63, 3.8) is 0 Å². The summed E-state index contributed by atoms with van der Waals surface area (Å²) < 4.78 is 27.2. The minimum Gasteiger partial charge on any atom is -0.338 e. The van der Waals surface area contributed by atoms with Gasteiger partial charge in [-0.25, -0.2) is 8.78 Å². The van der Waals surface area contributed by atoms with Gasteiger partial charge in [0.15, 0.2) is 11.6 Å². The van der Waals surface area contributed by atoms with Crippen molar-refractivity contribution in [3.8, 4) is 6.07 Å². The van der Waals surface area contributed by atoms with E-state index in [2.05, 4.69) is 22.0 Å². The molecule has 1 saturated heterocycles. The van der Waals surface area contributed by atoms with E-state index in [0.717, 1.165) is 6.07 Å². The number of piperidine rings is 1. The second-order valence-electron chi connectivity index (χ2n) is 4.44. The van der Waals surface area contributed by atoms with Crippen molar-refractivity contribution >= 4 is 21.8 Å². The Morgan fingerprint density at radius 3 is 2.58 bits per heavy atom. The van der Waals surface area contributed by atoms with Crippen LogP contribution in [0.5, 0.6) is 0 Å². The number of amides is 1. The largest absolute Gasteiger partial charge is 0.338 e. The van der Waals surface area contributed by atoms with Gasteiger partial charge in [-0.15, -0.1) is 0 Å². The smallest absolute Gasteiger partial charge is 0.256 e. The van der Waals surface area contributed by atoms with Crippen LogP contribution < -0.4 is 0 Å². The lowest BCUT2D eigenvalue weighted by molar-refractivity contribution is 0.0701. The van der Waals surface area contributed by atoms with Gasteiger partial charge in [0.2, 0.25) is 0 Å². The van der Waals surface area contributed by atoms with Gasteiger partial charge in [0.05, 0.1) is 11.6 Å². The number of hydrogen-bond donors (Lipinski definition) is 0. The van der Waals surface area contributed by atoms with Crippen LogP contribution in [0.2, 0.25) is 0 Å². The molecular formula is C13H11BrF2N2O. The molecule has 0 aromatic heterocycles. The van der Waals surface area contributed by atoms with Crippen LogP contribution in [0.3, 0.4) is 0 Å². The van der Waals surface area contributed by atoms with Crippen molar-refractivity contribution in [1.82, 2.24) is 4.90 Å². The van der Waals surface area contributed by atoms with Gasteiger partial charge in [-0.1, -0.05) is 15.9 Å². The van der Waals surface area contributed by atoms with Gasteiger partial charge in [0.1, 0.15) is 0 Å². The quantitative estimate of drug-likeness (QED) is 0.743. The van der Waals surface area contributed by atoms with E-state index in [4.69, 9.17) is 5.26 Å². The molecule has 1 fully saturated rings. The van der Waals surface area contributed by atoms with Crippen LogP contribution in [0.1, 0.15) is 23.2 Å². The first-order chi connectivity index (χ1) is 9.02. The molecule has 3 nitrogen and oxygen atoms in total. The molecule has 1 amide bonds. The molecule has 0 unspecified atom stereocenters. The number of hydrogen-bond acceptors (Lipinski definition) is 2. The van der Waals surface area contributed by atoms with Gasteiger partial charge in [-0.05, 0) is 25.0 Å². The molecule has 0 saturated carbocycles. The summed E-state index contributed by atoms with van der Waals surface area (Å²) in [6.07, 6.45) is 1.14. The average molecular weight is 329 g/mol. The zero-order valence-electron chi connectivity index (χ0n) is 10.00.